The minimum absolute atomic E-state index is 0.282. The molecule has 2 heterocycles. The summed E-state index contributed by atoms with van der Waals surface area (Å²) in [6.45, 7) is 5.28. The first-order chi connectivity index (χ1) is 14.6. The molecule has 0 spiro atoms. The molecule has 2 aliphatic rings. The third kappa shape index (κ3) is 4.20. The van der Waals surface area contributed by atoms with Crippen LogP contribution < -0.4 is 5.32 Å². The summed E-state index contributed by atoms with van der Waals surface area (Å²) in [4.78, 5) is 17.5. The fraction of sp³-hybridized carbons (Fsp3) is 0.440. The van der Waals surface area contributed by atoms with Gasteiger partial charge >= 0.3 is 6.09 Å². The molecule has 0 bridgehead atoms. The summed E-state index contributed by atoms with van der Waals surface area (Å²) in [5, 5.41) is 2.93. The van der Waals surface area contributed by atoms with Crippen LogP contribution in [-0.2, 0) is 16.9 Å². The van der Waals surface area contributed by atoms with Gasteiger partial charge in [-0.25, -0.2) is 4.79 Å². The third-order valence-corrected chi connectivity index (χ3v) is 6.09. The van der Waals surface area contributed by atoms with E-state index < -0.39 is 0 Å². The van der Waals surface area contributed by atoms with Crippen molar-refractivity contribution >= 4 is 17.5 Å². The monoisotopic (exact) mass is 405 g/mol. The van der Waals surface area contributed by atoms with Gasteiger partial charge in [0, 0.05) is 12.7 Å². The molecule has 2 unspecified atom stereocenters. The second-order valence-electron chi connectivity index (χ2n) is 8.41. The number of aromatic nitrogens is 1. The van der Waals surface area contributed by atoms with Crippen LogP contribution in [0.5, 0.6) is 0 Å². The first-order valence-corrected chi connectivity index (χ1v) is 11.0. The van der Waals surface area contributed by atoms with Gasteiger partial charge in [0.2, 0.25) is 0 Å². The number of hydrogen-bond donors (Lipinski definition) is 1. The molecule has 0 saturated carbocycles. The standard InChI is InChI=1S/C25H31N3O2/c1-3-13-25(14-15-26-24(29)30-18-20-8-5-4-6-9-20)23-10-7-16-28(23)22-17-19(2)11-12-21(22)27-25/h4-10,16-17,19H,3,11-15,18H2,1-2H3,(H,26,29). The van der Waals surface area contributed by atoms with Gasteiger partial charge in [-0.1, -0.05) is 56.7 Å². The maximum atomic E-state index is 12.2. The van der Waals surface area contributed by atoms with Crippen molar-refractivity contribution in [3.63, 3.8) is 0 Å². The Morgan fingerprint density at radius 2 is 2.07 bits per heavy atom. The van der Waals surface area contributed by atoms with Crippen LogP contribution in [0.2, 0.25) is 0 Å². The Morgan fingerprint density at radius 3 is 2.87 bits per heavy atom. The van der Waals surface area contributed by atoms with E-state index in [4.69, 9.17) is 9.73 Å². The molecule has 1 aromatic carbocycles. The number of carbonyl (C=O) groups is 1. The lowest BCUT2D eigenvalue weighted by atomic mass is 9.83. The van der Waals surface area contributed by atoms with Gasteiger partial charge in [-0.05, 0) is 49.3 Å². The van der Waals surface area contributed by atoms with Crippen molar-refractivity contribution in [3.05, 3.63) is 66.0 Å². The van der Waals surface area contributed by atoms with Gasteiger partial charge in [0.05, 0.1) is 17.1 Å². The van der Waals surface area contributed by atoms with E-state index in [1.165, 1.54) is 17.1 Å². The molecule has 5 heteroatoms. The molecule has 2 aromatic rings. The zero-order valence-corrected chi connectivity index (χ0v) is 17.9. The van der Waals surface area contributed by atoms with E-state index in [1.54, 1.807) is 0 Å². The Bertz CT molecular complexity index is 944. The quantitative estimate of drug-likeness (QED) is 0.659. The summed E-state index contributed by atoms with van der Waals surface area (Å²) in [5.41, 5.74) is 4.37. The molecule has 2 atom stereocenters. The summed E-state index contributed by atoms with van der Waals surface area (Å²) >= 11 is 0. The maximum absolute atomic E-state index is 12.2. The molecule has 1 N–H and O–H groups in total. The van der Waals surface area contributed by atoms with E-state index >= 15 is 0 Å². The number of aliphatic imine (C=N–C) groups is 1. The minimum atomic E-state index is -0.378. The van der Waals surface area contributed by atoms with Crippen LogP contribution in [-0.4, -0.2) is 22.9 Å². The van der Waals surface area contributed by atoms with Gasteiger partial charge in [-0.2, -0.15) is 0 Å². The lowest BCUT2D eigenvalue weighted by Crippen LogP contribution is -2.38. The van der Waals surface area contributed by atoms with Gasteiger partial charge in [0.25, 0.3) is 0 Å². The second-order valence-corrected chi connectivity index (χ2v) is 8.41. The molecule has 5 nitrogen and oxygen atoms in total. The number of benzene rings is 1. The van der Waals surface area contributed by atoms with Crippen molar-refractivity contribution in [2.45, 2.75) is 58.1 Å². The van der Waals surface area contributed by atoms with Crippen LogP contribution in [0.4, 0.5) is 4.79 Å². The minimum Gasteiger partial charge on any atom is -0.445 e. The lowest BCUT2D eigenvalue weighted by molar-refractivity contribution is 0.138. The highest BCUT2D eigenvalue weighted by Gasteiger charge is 2.39. The van der Waals surface area contributed by atoms with Gasteiger partial charge in [-0.3, -0.25) is 4.99 Å². The zero-order valence-electron chi connectivity index (χ0n) is 17.9. The molecule has 1 aliphatic carbocycles. The Morgan fingerprint density at radius 1 is 1.23 bits per heavy atom. The molecular weight excluding hydrogens is 374 g/mol. The van der Waals surface area contributed by atoms with Crippen molar-refractivity contribution in [3.8, 4) is 0 Å². The molecule has 4 rings (SSSR count). The van der Waals surface area contributed by atoms with Crippen LogP contribution in [0.3, 0.4) is 0 Å². The highest BCUT2D eigenvalue weighted by molar-refractivity contribution is 6.20. The smallest absolute Gasteiger partial charge is 0.407 e. The van der Waals surface area contributed by atoms with Crippen molar-refractivity contribution < 1.29 is 9.53 Å². The van der Waals surface area contributed by atoms with Crippen LogP contribution in [0.1, 0.15) is 57.2 Å². The normalized spacial score (nSPS) is 22.4. The Labute approximate surface area is 178 Å². The number of carbonyl (C=O) groups excluding carboxylic acids is 1. The van der Waals surface area contributed by atoms with E-state index in [9.17, 15) is 4.79 Å². The lowest BCUT2D eigenvalue weighted by Gasteiger charge is -2.38. The van der Waals surface area contributed by atoms with Crippen LogP contribution in [0.25, 0.3) is 5.70 Å². The Balaban J connectivity index is 1.45. The van der Waals surface area contributed by atoms with Crippen molar-refractivity contribution in [2.75, 3.05) is 6.54 Å². The molecule has 30 heavy (non-hydrogen) atoms. The van der Waals surface area contributed by atoms with E-state index in [1.807, 2.05) is 30.3 Å². The number of allylic oxidation sites excluding steroid dienone is 2. The average molecular weight is 406 g/mol. The number of nitrogens with zero attached hydrogens (tertiary/aromatic N) is 2. The topological polar surface area (TPSA) is 55.6 Å². The molecular formula is C25H31N3O2. The first kappa shape index (κ1) is 20.5. The first-order valence-electron chi connectivity index (χ1n) is 11.0. The number of hydrogen-bond acceptors (Lipinski definition) is 3. The van der Waals surface area contributed by atoms with E-state index in [-0.39, 0.29) is 18.2 Å². The SMILES string of the molecule is CCCC1(CCNC(=O)OCc2ccccc2)N=C2CCC(C)C=C2n2cccc21. The fourth-order valence-corrected chi connectivity index (χ4v) is 4.61. The maximum Gasteiger partial charge on any atom is 0.407 e. The number of ether oxygens (including phenoxy) is 1. The highest BCUT2D eigenvalue weighted by Crippen LogP contribution is 2.42. The summed E-state index contributed by atoms with van der Waals surface area (Å²) < 4.78 is 7.68. The predicted octanol–water partition coefficient (Wildman–Crippen LogP) is 5.53. The molecule has 1 amide bonds. The number of amides is 1. The summed E-state index contributed by atoms with van der Waals surface area (Å²) in [6.07, 6.45) is 9.04. The largest absolute Gasteiger partial charge is 0.445 e. The van der Waals surface area contributed by atoms with Crippen LogP contribution in [0, 0.1) is 5.92 Å². The van der Waals surface area contributed by atoms with Crippen LogP contribution in [0.15, 0.2) is 59.7 Å². The third-order valence-electron chi connectivity index (χ3n) is 6.09. The molecule has 1 aliphatic heterocycles. The van der Waals surface area contributed by atoms with Crippen molar-refractivity contribution in [2.24, 2.45) is 10.9 Å². The zero-order chi connectivity index (χ0) is 21.0. The molecule has 0 saturated heterocycles. The van der Waals surface area contributed by atoms with Gasteiger partial charge < -0.3 is 14.6 Å². The summed E-state index contributed by atoms with van der Waals surface area (Å²) in [5.74, 6) is 0.578. The summed E-state index contributed by atoms with van der Waals surface area (Å²) in [7, 11) is 0. The average Bonchev–Trinajstić information content (AvgIpc) is 3.25. The van der Waals surface area contributed by atoms with Gasteiger partial charge in [0.1, 0.15) is 12.1 Å². The van der Waals surface area contributed by atoms with E-state index in [2.05, 4.69) is 48.1 Å². The van der Waals surface area contributed by atoms with Crippen molar-refractivity contribution in [1.29, 1.82) is 0 Å². The number of fused-ring (bicyclic) bond motifs is 3. The fourth-order valence-electron chi connectivity index (χ4n) is 4.61. The van der Waals surface area contributed by atoms with Gasteiger partial charge in [0.15, 0.2) is 0 Å². The Hall–Kier alpha value is -2.82. The number of nitrogens with one attached hydrogen (secondary N) is 1. The number of alkyl carbamates (subject to hydrolysis) is 1. The van der Waals surface area contributed by atoms with Crippen LogP contribution >= 0.6 is 0 Å². The highest BCUT2D eigenvalue weighted by atomic mass is 16.5. The molecule has 158 valence electrons. The van der Waals surface area contributed by atoms with Crippen molar-refractivity contribution in [1.82, 2.24) is 9.88 Å². The second kappa shape index (κ2) is 8.90. The number of rotatable bonds is 7. The summed E-state index contributed by atoms with van der Waals surface area (Å²) in [6, 6.07) is 14.0. The van der Waals surface area contributed by atoms with Gasteiger partial charge in [-0.15, -0.1) is 0 Å². The molecule has 0 radical (unpaired) electrons. The predicted molar refractivity (Wildman–Crippen MR) is 120 cm³/mol. The Kier molecular flexibility index (Phi) is 6.07. The molecule has 0 fully saturated rings. The van der Waals surface area contributed by atoms with E-state index in [0.29, 0.717) is 12.5 Å². The molecule has 1 aromatic heterocycles. The van der Waals surface area contributed by atoms with E-state index in [0.717, 1.165) is 37.7 Å².